The van der Waals surface area contributed by atoms with E-state index in [0.717, 1.165) is 0 Å². The Morgan fingerprint density at radius 2 is 2.30 bits per heavy atom. The fourth-order valence-electron chi connectivity index (χ4n) is 2.61. The molecule has 2 aromatic heterocycles. The van der Waals surface area contributed by atoms with Crippen molar-refractivity contribution in [1.82, 2.24) is 19.5 Å². The van der Waals surface area contributed by atoms with E-state index in [1.165, 1.54) is 10.9 Å². The Morgan fingerprint density at radius 3 is 2.87 bits per heavy atom. The molecule has 0 aromatic carbocycles. The van der Waals surface area contributed by atoms with Crippen LogP contribution in [0.2, 0.25) is 0 Å². The van der Waals surface area contributed by atoms with Gasteiger partial charge in [0.25, 0.3) is 0 Å². The summed E-state index contributed by atoms with van der Waals surface area (Å²) in [6, 6.07) is 0. The molecule has 0 saturated carbocycles. The molecule has 4 atom stereocenters. The number of nitrogen functional groups attached to an aromatic ring is 1. The van der Waals surface area contributed by atoms with Crippen molar-refractivity contribution in [3.8, 4) is 0 Å². The van der Waals surface area contributed by atoms with Crippen molar-refractivity contribution in [3.05, 3.63) is 6.33 Å². The maximum absolute atomic E-state index is 14.5. The SMILES string of the molecule is CNc1nc(N)nc2c1ncn2[C@@H]1O[C@@](CO)(CCl)[C@@H](O)[C@H]1F. The standard InChI is InChI=1S/C12H16ClFN6O3/c1-16-8-6-9(19-11(15)18-8)20(4-17-6)10-5(14)7(22)12(2-13,3-21)23-10/h4-5,7,10,21-22H,2-3H2,1H3,(H3,15,16,18,19)/t5-,7+,10-,12-/m1/s1. The number of imidazole rings is 1. The summed E-state index contributed by atoms with van der Waals surface area (Å²) < 4.78 is 21.4. The van der Waals surface area contributed by atoms with Crippen LogP contribution in [0.25, 0.3) is 11.2 Å². The molecule has 1 aliphatic heterocycles. The molecule has 0 spiro atoms. The fraction of sp³-hybridized carbons (Fsp3) is 0.583. The zero-order chi connectivity index (χ0) is 16.8. The van der Waals surface area contributed by atoms with Crippen LogP contribution in [-0.4, -0.2) is 67.1 Å². The molecule has 0 amide bonds. The molecule has 0 unspecified atom stereocenters. The number of nitrogens with zero attached hydrogens (tertiary/aromatic N) is 4. The van der Waals surface area contributed by atoms with Gasteiger partial charge in [0.15, 0.2) is 29.4 Å². The van der Waals surface area contributed by atoms with Gasteiger partial charge in [0, 0.05) is 7.05 Å². The molecule has 0 aliphatic carbocycles. The molecular weight excluding hydrogens is 331 g/mol. The van der Waals surface area contributed by atoms with Crippen LogP contribution in [0.3, 0.4) is 0 Å². The van der Waals surface area contributed by atoms with E-state index in [-0.39, 0.29) is 17.5 Å². The molecule has 1 aliphatic rings. The Balaban J connectivity index is 2.09. The van der Waals surface area contributed by atoms with Crippen molar-refractivity contribution in [2.24, 2.45) is 0 Å². The molecule has 3 heterocycles. The second kappa shape index (κ2) is 5.71. The second-order valence-corrected chi connectivity index (χ2v) is 5.53. The van der Waals surface area contributed by atoms with Crippen LogP contribution >= 0.6 is 11.6 Å². The molecule has 3 rings (SSSR count). The lowest BCUT2D eigenvalue weighted by molar-refractivity contribution is -0.113. The average Bonchev–Trinajstić information content (AvgIpc) is 3.07. The van der Waals surface area contributed by atoms with E-state index in [9.17, 15) is 14.6 Å². The molecule has 126 valence electrons. The summed E-state index contributed by atoms with van der Waals surface area (Å²) in [5, 5.41) is 22.3. The van der Waals surface area contributed by atoms with Gasteiger partial charge in [-0.2, -0.15) is 9.97 Å². The van der Waals surface area contributed by atoms with Crippen molar-refractivity contribution >= 4 is 34.5 Å². The van der Waals surface area contributed by atoms with E-state index in [2.05, 4.69) is 20.3 Å². The van der Waals surface area contributed by atoms with Crippen molar-refractivity contribution in [3.63, 3.8) is 0 Å². The molecule has 1 fully saturated rings. The molecule has 11 heteroatoms. The van der Waals surface area contributed by atoms with E-state index in [1.807, 2.05) is 0 Å². The number of anilines is 2. The molecular formula is C12H16ClFN6O3. The smallest absolute Gasteiger partial charge is 0.224 e. The van der Waals surface area contributed by atoms with Crippen molar-refractivity contribution in [1.29, 1.82) is 0 Å². The summed E-state index contributed by atoms with van der Waals surface area (Å²) in [6.45, 7) is -0.625. The molecule has 23 heavy (non-hydrogen) atoms. The number of aromatic nitrogens is 4. The van der Waals surface area contributed by atoms with Crippen LogP contribution in [-0.2, 0) is 4.74 Å². The lowest BCUT2D eigenvalue weighted by Crippen LogP contribution is -2.47. The van der Waals surface area contributed by atoms with Gasteiger partial charge in [0.05, 0.1) is 18.8 Å². The number of halogens is 2. The Hall–Kier alpha value is -1.75. The number of hydrogen-bond donors (Lipinski definition) is 4. The van der Waals surface area contributed by atoms with Crippen molar-refractivity contribution in [2.75, 3.05) is 30.6 Å². The normalized spacial score (nSPS) is 30.9. The number of nitrogens with two attached hydrogens (primary N) is 1. The summed E-state index contributed by atoms with van der Waals surface area (Å²) in [6.07, 6.45) is -3.35. The maximum atomic E-state index is 14.5. The first kappa shape index (κ1) is 16.1. The highest BCUT2D eigenvalue weighted by Gasteiger charge is 2.55. The number of hydrogen-bond acceptors (Lipinski definition) is 8. The summed E-state index contributed by atoms with van der Waals surface area (Å²) in [7, 11) is 1.64. The Kier molecular flexibility index (Phi) is 4.00. The number of aliphatic hydroxyl groups is 2. The van der Waals surface area contributed by atoms with Crippen molar-refractivity contribution in [2.45, 2.75) is 24.1 Å². The highest BCUT2D eigenvalue weighted by Crippen LogP contribution is 2.41. The van der Waals surface area contributed by atoms with Crippen LogP contribution < -0.4 is 11.1 Å². The monoisotopic (exact) mass is 346 g/mol. The van der Waals surface area contributed by atoms with Crippen LogP contribution in [0.1, 0.15) is 6.23 Å². The van der Waals surface area contributed by atoms with Gasteiger partial charge in [-0.25, -0.2) is 9.37 Å². The summed E-state index contributed by atoms with van der Waals surface area (Å²) in [5.41, 5.74) is 4.67. The topological polar surface area (TPSA) is 131 Å². The third-order valence-electron chi connectivity index (χ3n) is 3.91. The van der Waals surface area contributed by atoms with Gasteiger partial charge in [-0.15, -0.1) is 11.6 Å². The highest BCUT2D eigenvalue weighted by atomic mass is 35.5. The van der Waals surface area contributed by atoms with Crippen LogP contribution in [0, 0.1) is 0 Å². The van der Waals surface area contributed by atoms with Gasteiger partial charge in [-0.1, -0.05) is 0 Å². The largest absolute Gasteiger partial charge is 0.393 e. The minimum atomic E-state index is -1.83. The van der Waals surface area contributed by atoms with E-state index in [0.29, 0.717) is 11.3 Å². The van der Waals surface area contributed by atoms with E-state index < -0.39 is 30.7 Å². The number of rotatable bonds is 4. The minimum Gasteiger partial charge on any atom is -0.393 e. The van der Waals surface area contributed by atoms with Crippen LogP contribution in [0.4, 0.5) is 16.2 Å². The Morgan fingerprint density at radius 1 is 1.57 bits per heavy atom. The predicted octanol–water partition coefficient (Wildman–Crippen LogP) is -0.352. The maximum Gasteiger partial charge on any atom is 0.224 e. The minimum absolute atomic E-state index is 0.0247. The summed E-state index contributed by atoms with van der Waals surface area (Å²) in [5.74, 6) is 0.0851. The zero-order valence-electron chi connectivity index (χ0n) is 12.1. The van der Waals surface area contributed by atoms with Crippen molar-refractivity contribution < 1.29 is 19.3 Å². The van der Waals surface area contributed by atoms with Gasteiger partial charge in [0.1, 0.15) is 11.7 Å². The molecule has 5 N–H and O–H groups in total. The number of fused-ring (bicyclic) bond motifs is 1. The molecule has 0 radical (unpaired) electrons. The van der Waals surface area contributed by atoms with Gasteiger partial charge in [0.2, 0.25) is 5.95 Å². The number of ether oxygens (including phenoxy) is 1. The highest BCUT2D eigenvalue weighted by molar-refractivity contribution is 6.18. The first-order chi connectivity index (χ1) is 11.0. The lowest BCUT2D eigenvalue weighted by atomic mass is 9.99. The number of alkyl halides is 2. The van der Waals surface area contributed by atoms with Crippen LogP contribution in [0.5, 0.6) is 0 Å². The Bertz CT molecular complexity index is 724. The molecule has 9 nitrogen and oxygen atoms in total. The van der Waals surface area contributed by atoms with Gasteiger partial charge < -0.3 is 26.0 Å². The molecule has 1 saturated heterocycles. The van der Waals surface area contributed by atoms with E-state index >= 15 is 0 Å². The molecule has 2 aromatic rings. The third-order valence-corrected chi connectivity index (χ3v) is 4.36. The second-order valence-electron chi connectivity index (χ2n) is 5.26. The van der Waals surface area contributed by atoms with Gasteiger partial charge >= 0.3 is 0 Å². The quantitative estimate of drug-likeness (QED) is 0.552. The zero-order valence-corrected chi connectivity index (χ0v) is 12.9. The lowest BCUT2D eigenvalue weighted by Gasteiger charge is -2.26. The van der Waals surface area contributed by atoms with Gasteiger partial charge in [-0.05, 0) is 0 Å². The van der Waals surface area contributed by atoms with E-state index in [1.54, 1.807) is 7.05 Å². The van der Waals surface area contributed by atoms with E-state index in [4.69, 9.17) is 22.1 Å². The summed E-state index contributed by atoms with van der Waals surface area (Å²) in [4.78, 5) is 12.2. The van der Waals surface area contributed by atoms with Crippen LogP contribution in [0.15, 0.2) is 6.33 Å². The molecule has 0 bridgehead atoms. The van der Waals surface area contributed by atoms with Gasteiger partial charge in [-0.3, -0.25) is 4.57 Å². The predicted molar refractivity (Wildman–Crippen MR) is 80.8 cm³/mol. The Labute approximate surface area is 135 Å². The average molecular weight is 347 g/mol. The number of aliphatic hydroxyl groups excluding tert-OH is 2. The number of nitrogens with one attached hydrogen (secondary N) is 1. The first-order valence-corrected chi connectivity index (χ1v) is 7.35. The first-order valence-electron chi connectivity index (χ1n) is 6.82. The third kappa shape index (κ3) is 2.29. The fourth-order valence-corrected chi connectivity index (χ4v) is 2.91. The summed E-state index contributed by atoms with van der Waals surface area (Å²) >= 11 is 5.75.